The van der Waals surface area contributed by atoms with E-state index >= 15 is 0 Å². The van der Waals surface area contributed by atoms with E-state index < -0.39 is 4.92 Å². The first-order valence-electron chi connectivity index (χ1n) is 5.33. The highest BCUT2D eigenvalue weighted by molar-refractivity contribution is 9.10. The van der Waals surface area contributed by atoms with Crippen molar-refractivity contribution >= 4 is 21.6 Å². The molecule has 1 unspecified atom stereocenters. The summed E-state index contributed by atoms with van der Waals surface area (Å²) in [5.74, 6) is 0.393. The molecule has 92 valence electrons. The first-order valence-corrected chi connectivity index (χ1v) is 6.12. The van der Waals surface area contributed by atoms with Crippen molar-refractivity contribution in [2.75, 3.05) is 13.2 Å². The minimum absolute atomic E-state index is 0.0526. The summed E-state index contributed by atoms with van der Waals surface area (Å²) >= 11 is 3.21. The van der Waals surface area contributed by atoms with Gasteiger partial charge in [-0.25, -0.2) is 4.98 Å². The molecule has 0 bridgehead atoms. The fraction of sp³-hybridized carbons (Fsp3) is 0.500. The van der Waals surface area contributed by atoms with Crippen LogP contribution in [0, 0.1) is 10.1 Å². The Labute approximate surface area is 107 Å². The standard InChI is InChI=1S/C10H12BrN3O3/c11-9-4-8(14(15)16)5-13-10(9)17-6-7-2-1-3-12-7/h4-5,7,12H,1-3,6H2. The third-order valence-corrected chi connectivity index (χ3v) is 3.16. The number of nitrogens with one attached hydrogen (secondary N) is 1. The summed E-state index contributed by atoms with van der Waals surface area (Å²) < 4.78 is 6.02. The van der Waals surface area contributed by atoms with Gasteiger partial charge < -0.3 is 10.1 Å². The van der Waals surface area contributed by atoms with Crippen LogP contribution in [0.15, 0.2) is 16.7 Å². The van der Waals surface area contributed by atoms with Crippen molar-refractivity contribution in [3.63, 3.8) is 0 Å². The van der Waals surface area contributed by atoms with E-state index in [9.17, 15) is 10.1 Å². The summed E-state index contributed by atoms with van der Waals surface area (Å²) in [4.78, 5) is 14.0. The second kappa shape index (κ2) is 5.42. The molecule has 0 amide bonds. The lowest BCUT2D eigenvalue weighted by atomic mass is 10.2. The maximum atomic E-state index is 10.5. The lowest BCUT2D eigenvalue weighted by Gasteiger charge is -2.11. The smallest absolute Gasteiger partial charge is 0.288 e. The first-order chi connectivity index (χ1) is 8.16. The lowest BCUT2D eigenvalue weighted by molar-refractivity contribution is -0.385. The molecular formula is C10H12BrN3O3. The minimum Gasteiger partial charge on any atom is -0.475 e. The van der Waals surface area contributed by atoms with Gasteiger partial charge in [-0.1, -0.05) is 0 Å². The monoisotopic (exact) mass is 301 g/mol. The van der Waals surface area contributed by atoms with Crippen LogP contribution in [0.4, 0.5) is 5.69 Å². The number of hydrogen-bond donors (Lipinski definition) is 1. The summed E-state index contributed by atoms with van der Waals surface area (Å²) in [5, 5.41) is 13.8. The summed E-state index contributed by atoms with van der Waals surface area (Å²) in [6.07, 6.45) is 3.44. The molecule has 1 aliphatic heterocycles. The van der Waals surface area contributed by atoms with E-state index in [2.05, 4.69) is 26.2 Å². The first kappa shape index (κ1) is 12.3. The van der Waals surface area contributed by atoms with Gasteiger partial charge in [-0.15, -0.1) is 0 Å². The summed E-state index contributed by atoms with van der Waals surface area (Å²) in [5.41, 5.74) is -0.0526. The molecule has 0 aromatic carbocycles. The third-order valence-electron chi connectivity index (χ3n) is 2.59. The van der Waals surface area contributed by atoms with Gasteiger partial charge in [-0.05, 0) is 35.3 Å². The number of nitro groups is 1. The topological polar surface area (TPSA) is 77.3 Å². The highest BCUT2D eigenvalue weighted by Gasteiger charge is 2.16. The SMILES string of the molecule is O=[N+]([O-])c1cnc(OCC2CCCN2)c(Br)c1. The van der Waals surface area contributed by atoms with E-state index in [1.807, 2.05) is 0 Å². The largest absolute Gasteiger partial charge is 0.475 e. The Balaban J connectivity index is 1.98. The van der Waals surface area contributed by atoms with E-state index in [0.717, 1.165) is 19.4 Å². The van der Waals surface area contributed by atoms with E-state index in [4.69, 9.17) is 4.74 Å². The predicted octanol–water partition coefficient (Wildman–Crippen LogP) is 1.88. The Hall–Kier alpha value is -1.21. The molecule has 1 saturated heterocycles. The lowest BCUT2D eigenvalue weighted by Crippen LogP contribution is -2.28. The normalized spacial score (nSPS) is 19.2. The molecule has 2 rings (SSSR count). The number of aromatic nitrogens is 1. The zero-order chi connectivity index (χ0) is 12.3. The Kier molecular flexibility index (Phi) is 3.90. The van der Waals surface area contributed by atoms with Gasteiger partial charge in [0.15, 0.2) is 0 Å². The molecule has 1 N–H and O–H groups in total. The molecule has 1 aliphatic rings. The molecule has 0 aliphatic carbocycles. The molecule has 2 heterocycles. The van der Waals surface area contributed by atoms with Crippen LogP contribution in [-0.4, -0.2) is 29.1 Å². The number of halogens is 1. The predicted molar refractivity (Wildman–Crippen MR) is 65.1 cm³/mol. The van der Waals surface area contributed by atoms with Crippen LogP contribution in [0.5, 0.6) is 5.88 Å². The van der Waals surface area contributed by atoms with Gasteiger partial charge in [0.05, 0.1) is 9.40 Å². The number of rotatable bonds is 4. The number of ether oxygens (including phenoxy) is 1. The highest BCUT2D eigenvalue weighted by Crippen LogP contribution is 2.26. The van der Waals surface area contributed by atoms with Gasteiger partial charge in [0.2, 0.25) is 5.88 Å². The average molecular weight is 302 g/mol. The molecule has 6 nitrogen and oxygen atoms in total. The van der Waals surface area contributed by atoms with Crippen LogP contribution in [0.1, 0.15) is 12.8 Å². The van der Waals surface area contributed by atoms with Crippen LogP contribution >= 0.6 is 15.9 Å². The summed E-state index contributed by atoms with van der Waals surface area (Å²) in [6, 6.07) is 1.74. The molecule has 7 heteroatoms. The highest BCUT2D eigenvalue weighted by atomic mass is 79.9. The molecule has 1 aromatic rings. The van der Waals surface area contributed by atoms with Crippen molar-refractivity contribution in [2.24, 2.45) is 0 Å². The van der Waals surface area contributed by atoms with Crippen molar-refractivity contribution in [1.29, 1.82) is 0 Å². The van der Waals surface area contributed by atoms with Crippen LogP contribution < -0.4 is 10.1 Å². The summed E-state index contributed by atoms with van der Waals surface area (Å²) in [7, 11) is 0. The van der Waals surface area contributed by atoms with Gasteiger partial charge in [0.1, 0.15) is 12.8 Å². The number of hydrogen-bond acceptors (Lipinski definition) is 5. The molecule has 0 saturated carbocycles. The fourth-order valence-corrected chi connectivity index (χ4v) is 2.15. The van der Waals surface area contributed by atoms with Crippen LogP contribution in [0.3, 0.4) is 0 Å². The van der Waals surface area contributed by atoms with Crippen molar-refractivity contribution in [2.45, 2.75) is 18.9 Å². The van der Waals surface area contributed by atoms with Gasteiger partial charge >= 0.3 is 0 Å². The van der Waals surface area contributed by atoms with Crippen molar-refractivity contribution in [3.8, 4) is 5.88 Å². The zero-order valence-electron chi connectivity index (χ0n) is 9.06. The van der Waals surface area contributed by atoms with Crippen molar-refractivity contribution < 1.29 is 9.66 Å². The molecule has 1 aromatic heterocycles. The molecule has 0 radical (unpaired) electrons. The Morgan fingerprint density at radius 1 is 1.71 bits per heavy atom. The molecule has 17 heavy (non-hydrogen) atoms. The van der Waals surface area contributed by atoms with Crippen LogP contribution in [0.25, 0.3) is 0 Å². The van der Waals surface area contributed by atoms with E-state index in [1.165, 1.54) is 12.3 Å². The minimum atomic E-state index is -0.486. The molecular weight excluding hydrogens is 290 g/mol. The van der Waals surface area contributed by atoms with Crippen LogP contribution in [0.2, 0.25) is 0 Å². The maximum absolute atomic E-state index is 10.5. The van der Waals surface area contributed by atoms with E-state index in [0.29, 0.717) is 23.0 Å². The zero-order valence-corrected chi connectivity index (χ0v) is 10.6. The van der Waals surface area contributed by atoms with Gasteiger partial charge in [0, 0.05) is 12.1 Å². The summed E-state index contributed by atoms with van der Waals surface area (Å²) in [6.45, 7) is 1.55. The van der Waals surface area contributed by atoms with E-state index in [1.54, 1.807) is 0 Å². The molecule has 0 spiro atoms. The number of nitrogens with zero attached hydrogens (tertiary/aromatic N) is 2. The fourth-order valence-electron chi connectivity index (χ4n) is 1.70. The second-order valence-electron chi connectivity index (χ2n) is 3.84. The average Bonchev–Trinajstić information content (AvgIpc) is 2.80. The van der Waals surface area contributed by atoms with Crippen LogP contribution in [-0.2, 0) is 0 Å². The Morgan fingerprint density at radius 3 is 3.12 bits per heavy atom. The Morgan fingerprint density at radius 2 is 2.53 bits per heavy atom. The van der Waals surface area contributed by atoms with E-state index in [-0.39, 0.29) is 5.69 Å². The third kappa shape index (κ3) is 3.13. The van der Waals surface area contributed by atoms with Crippen molar-refractivity contribution in [1.82, 2.24) is 10.3 Å². The van der Waals surface area contributed by atoms with Gasteiger partial charge in [-0.2, -0.15) is 0 Å². The van der Waals surface area contributed by atoms with Crippen molar-refractivity contribution in [3.05, 3.63) is 26.9 Å². The van der Waals surface area contributed by atoms with Gasteiger partial charge in [0.25, 0.3) is 5.69 Å². The second-order valence-corrected chi connectivity index (χ2v) is 4.70. The Bertz CT molecular complexity index is 421. The number of pyridine rings is 1. The molecule has 1 atom stereocenters. The quantitative estimate of drug-likeness (QED) is 0.679. The molecule has 1 fully saturated rings. The maximum Gasteiger partial charge on any atom is 0.288 e. The van der Waals surface area contributed by atoms with Gasteiger partial charge in [-0.3, -0.25) is 10.1 Å².